The largest absolute Gasteiger partial charge is 0.456 e. The van der Waals surface area contributed by atoms with Crippen LogP contribution in [0.1, 0.15) is 132 Å². The van der Waals surface area contributed by atoms with Crippen molar-refractivity contribution in [1.82, 2.24) is 0 Å². The van der Waals surface area contributed by atoms with Crippen molar-refractivity contribution in [3.63, 3.8) is 0 Å². The SMILES string of the molecule is C=C(C)C(=O)OC1(C(C)C)CCCC1.C=C(C)C(=O)OC1(C)CCCC1.C=C(C)C(=O)OC1(CC)CCCC1. The second kappa shape index (κ2) is 15.4. The maximum absolute atomic E-state index is 11.5. The molecule has 0 aliphatic heterocycles. The lowest BCUT2D eigenvalue weighted by molar-refractivity contribution is -0.159. The van der Waals surface area contributed by atoms with Gasteiger partial charge in [-0.15, -0.1) is 0 Å². The zero-order valence-electron chi connectivity index (χ0n) is 25.8. The summed E-state index contributed by atoms with van der Waals surface area (Å²) >= 11 is 0. The van der Waals surface area contributed by atoms with Gasteiger partial charge in [0.25, 0.3) is 0 Å². The fourth-order valence-corrected chi connectivity index (χ4v) is 5.41. The molecular weight excluding hydrogens is 492 g/mol. The molecule has 0 bridgehead atoms. The summed E-state index contributed by atoms with van der Waals surface area (Å²) < 4.78 is 16.4. The van der Waals surface area contributed by atoms with Gasteiger partial charge in [-0.25, -0.2) is 14.4 Å². The molecule has 3 saturated carbocycles. The second-order valence-corrected chi connectivity index (χ2v) is 12.3. The van der Waals surface area contributed by atoms with Crippen LogP contribution in [-0.2, 0) is 28.6 Å². The van der Waals surface area contributed by atoms with Crippen molar-refractivity contribution < 1.29 is 28.6 Å². The molecule has 0 unspecified atom stereocenters. The van der Waals surface area contributed by atoms with Gasteiger partial charge in [0.15, 0.2) is 0 Å². The number of rotatable bonds is 8. The minimum Gasteiger partial charge on any atom is -0.456 e. The Morgan fingerprint density at radius 3 is 1.38 bits per heavy atom. The first kappa shape index (κ1) is 34.7. The molecule has 0 aromatic carbocycles. The molecule has 0 amide bonds. The molecular formula is C33H54O6. The molecule has 0 heterocycles. The summed E-state index contributed by atoms with van der Waals surface area (Å²) in [4.78, 5) is 34.0. The van der Waals surface area contributed by atoms with Gasteiger partial charge in [0.1, 0.15) is 16.8 Å². The predicted molar refractivity (Wildman–Crippen MR) is 157 cm³/mol. The van der Waals surface area contributed by atoms with E-state index in [-0.39, 0.29) is 34.7 Å². The van der Waals surface area contributed by atoms with Crippen molar-refractivity contribution in [2.45, 2.75) is 149 Å². The second-order valence-electron chi connectivity index (χ2n) is 12.3. The quantitative estimate of drug-likeness (QED) is 0.173. The minimum atomic E-state index is -0.251. The molecule has 0 radical (unpaired) electrons. The van der Waals surface area contributed by atoms with Crippen LogP contribution in [0, 0.1) is 5.92 Å². The molecule has 0 spiro atoms. The van der Waals surface area contributed by atoms with Gasteiger partial charge >= 0.3 is 17.9 Å². The number of hydrogen-bond donors (Lipinski definition) is 0. The van der Waals surface area contributed by atoms with Gasteiger partial charge in [0.2, 0.25) is 0 Å². The van der Waals surface area contributed by atoms with Crippen LogP contribution in [0.15, 0.2) is 36.5 Å². The summed E-state index contributed by atoms with van der Waals surface area (Å²) in [5.41, 5.74) is 0.891. The van der Waals surface area contributed by atoms with E-state index < -0.39 is 0 Å². The van der Waals surface area contributed by atoms with Crippen LogP contribution in [0.2, 0.25) is 0 Å². The van der Waals surface area contributed by atoms with Gasteiger partial charge in [0, 0.05) is 16.7 Å². The molecule has 0 N–H and O–H groups in total. The molecule has 3 fully saturated rings. The molecule has 0 saturated heterocycles. The normalized spacial score (nSPS) is 20.0. The third-order valence-electron chi connectivity index (χ3n) is 8.31. The highest BCUT2D eigenvalue weighted by molar-refractivity contribution is 5.88. The number of hydrogen-bond acceptors (Lipinski definition) is 6. The molecule has 3 rings (SSSR count). The van der Waals surface area contributed by atoms with Crippen molar-refractivity contribution in [3.05, 3.63) is 36.5 Å². The van der Waals surface area contributed by atoms with E-state index in [1.807, 2.05) is 6.92 Å². The minimum absolute atomic E-state index is 0.171. The van der Waals surface area contributed by atoms with Gasteiger partial charge < -0.3 is 14.2 Å². The van der Waals surface area contributed by atoms with Crippen LogP contribution < -0.4 is 0 Å². The first-order valence-electron chi connectivity index (χ1n) is 14.8. The predicted octanol–water partition coefficient (Wildman–Crippen LogP) is 8.34. The summed E-state index contributed by atoms with van der Waals surface area (Å²) in [6, 6.07) is 0. The highest BCUT2D eigenvalue weighted by atomic mass is 16.6. The monoisotopic (exact) mass is 546 g/mol. The molecule has 222 valence electrons. The Morgan fingerprint density at radius 1 is 0.641 bits per heavy atom. The number of carbonyl (C=O) groups is 3. The van der Waals surface area contributed by atoms with E-state index in [2.05, 4.69) is 40.5 Å². The van der Waals surface area contributed by atoms with Crippen LogP contribution in [0.25, 0.3) is 0 Å². The Hall–Kier alpha value is -2.37. The zero-order valence-corrected chi connectivity index (χ0v) is 25.8. The van der Waals surface area contributed by atoms with Gasteiger partial charge in [-0.1, -0.05) is 40.5 Å². The summed E-state index contributed by atoms with van der Waals surface area (Å²) in [6.07, 6.45) is 14.0. The standard InChI is InChI=1S/C12H20O2.C11H18O2.C10H16O2/c1-9(2)11(13)14-12(10(3)4)7-5-6-8-12;1-4-11(7-5-6-8-11)13-10(12)9(2)3;1-8(2)9(11)12-10(3)6-4-5-7-10/h10H,1,5-8H2,2-4H3;2,4-8H2,1,3H3;1,4-7H2,2-3H3. The summed E-state index contributed by atoms with van der Waals surface area (Å²) in [5, 5.41) is 0. The van der Waals surface area contributed by atoms with Crippen LogP contribution >= 0.6 is 0 Å². The molecule has 3 aliphatic rings. The molecule has 6 nitrogen and oxygen atoms in total. The molecule has 6 heteroatoms. The fourth-order valence-electron chi connectivity index (χ4n) is 5.41. The summed E-state index contributed by atoms with van der Waals surface area (Å²) in [6.45, 7) is 24.2. The van der Waals surface area contributed by atoms with E-state index in [4.69, 9.17) is 14.2 Å². The van der Waals surface area contributed by atoms with Gasteiger partial charge in [0.05, 0.1) is 0 Å². The van der Waals surface area contributed by atoms with Crippen LogP contribution in [-0.4, -0.2) is 34.7 Å². The number of ether oxygens (including phenoxy) is 3. The van der Waals surface area contributed by atoms with E-state index in [1.54, 1.807) is 20.8 Å². The Kier molecular flexibility index (Phi) is 13.7. The van der Waals surface area contributed by atoms with Crippen molar-refractivity contribution in [2.24, 2.45) is 5.92 Å². The Labute approximate surface area is 237 Å². The molecule has 0 aromatic heterocycles. The lowest BCUT2D eigenvalue weighted by Gasteiger charge is -2.33. The zero-order chi connectivity index (χ0) is 29.9. The van der Waals surface area contributed by atoms with E-state index in [9.17, 15) is 14.4 Å². The van der Waals surface area contributed by atoms with E-state index in [0.29, 0.717) is 22.6 Å². The van der Waals surface area contributed by atoms with E-state index >= 15 is 0 Å². The van der Waals surface area contributed by atoms with Crippen molar-refractivity contribution in [1.29, 1.82) is 0 Å². The smallest absolute Gasteiger partial charge is 0.333 e. The average molecular weight is 547 g/mol. The maximum atomic E-state index is 11.5. The number of esters is 3. The highest BCUT2D eigenvalue weighted by Gasteiger charge is 2.40. The molecule has 3 aliphatic carbocycles. The molecule has 0 aromatic rings. The molecule has 0 atom stereocenters. The topological polar surface area (TPSA) is 78.9 Å². The Bertz CT molecular complexity index is 878. The van der Waals surface area contributed by atoms with Gasteiger partial charge in [-0.2, -0.15) is 0 Å². The van der Waals surface area contributed by atoms with Gasteiger partial charge in [-0.3, -0.25) is 0 Å². The van der Waals surface area contributed by atoms with E-state index in [1.165, 1.54) is 38.5 Å². The van der Waals surface area contributed by atoms with Crippen molar-refractivity contribution in [2.75, 3.05) is 0 Å². The lowest BCUT2D eigenvalue weighted by atomic mass is 9.88. The first-order valence-corrected chi connectivity index (χ1v) is 14.8. The number of carbonyl (C=O) groups excluding carboxylic acids is 3. The Morgan fingerprint density at radius 2 is 1.00 bits per heavy atom. The third kappa shape index (κ3) is 11.0. The molecule has 39 heavy (non-hydrogen) atoms. The highest BCUT2D eigenvalue weighted by Crippen LogP contribution is 2.40. The van der Waals surface area contributed by atoms with Crippen LogP contribution in [0.3, 0.4) is 0 Å². The Balaban J connectivity index is 0.000000293. The third-order valence-corrected chi connectivity index (χ3v) is 8.31. The van der Waals surface area contributed by atoms with Gasteiger partial charge in [-0.05, 0) is 117 Å². The maximum Gasteiger partial charge on any atom is 0.333 e. The lowest BCUT2D eigenvalue weighted by Crippen LogP contribution is -2.37. The van der Waals surface area contributed by atoms with Crippen molar-refractivity contribution in [3.8, 4) is 0 Å². The first-order chi connectivity index (χ1) is 18.1. The van der Waals surface area contributed by atoms with Crippen LogP contribution in [0.4, 0.5) is 0 Å². The van der Waals surface area contributed by atoms with Crippen LogP contribution in [0.5, 0.6) is 0 Å². The summed E-state index contributed by atoms with van der Waals surface area (Å²) in [5.74, 6) is -0.322. The van der Waals surface area contributed by atoms with Crippen molar-refractivity contribution >= 4 is 17.9 Å². The summed E-state index contributed by atoms with van der Waals surface area (Å²) in [7, 11) is 0. The fraction of sp³-hybridized carbons (Fsp3) is 0.727. The average Bonchev–Trinajstić information content (AvgIpc) is 3.62. The van der Waals surface area contributed by atoms with E-state index in [0.717, 1.165) is 44.9 Å².